The molecule has 2 N–H and O–H groups in total. The second kappa shape index (κ2) is 6.28. The normalized spacial score (nSPS) is 10.4. The summed E-state index contributed by atoms with van der Waals surface area (Å²) >= 11 is 0. The predicted molar refractivity (Wildman–Crippen MR) is 83.4 cm³/mol. The Labute approximate surface area is 115 Å². The molecule has 0 saturated heterocycles. The van der Waals surface area contributed by atoms with Crippen molar-refractivity contribution in [2.24, 2.45) is 0 Å². The topological polar surface area (TPSA) is 29.3 Å². The van der Waals surface area contributed by atoms with Crippen molar-refractivity contribution in [3.8, 4) is 0 Å². The lowest BCUT2D eigenvalue weighted by Crippen LogP contribution is -2.23. The van der Waals surface area contributed by atoms with Crippen LogP contribution in [0.4, 0.5) is 11.4 Å². The number of benzene rings is 2. The van der Waals surface area contributed by atoms with Crippen LogP contribution in [-0.2, 0) is 6.54 Å². The second-order valence-corrected chi connectivity index (χ2v) is 5.01. The summed E-state index contributed by atoms with van der Waals surface area (Å²) in [5, 5.41) is 0. The second-order valence-electron chi connectivity index (χ2n) is 5.01. The van der Waals surface area contributed by atoms with Gasteiger partial charge < -0.3 is 10.6 Å². The van der Waals surface area contributed by atoms with E-state index in [9.17, 15) is 0 Å². The maximum Gasteiger partial charge on any atom is 0.0429 e. The van der Waals surface area contributed by atoms with Gasteiger partial charge >= 0.3 is 0 Å². The number of hydrogen-bond acceptors (Lipinski definition) is 2. The molecule has 0 aliphatic carbocycles. The van der Waals surface area contributed by atoms with Gasteiger partial charge in [-0.2, -0.15) is 0 Å². The molecule has 100 valence electrons. The summed E-state index contributed by atoms with van der Waals surface area (Å²) in [5.41, 5.74) is 10.6. The van der Waals surface area contributed by atoms with Crippen molar-refractivity contribution in [1.82, 2.24) is 0 Å². The Morgan fingerprint density at radius 3 is 2.42 bits per heavy atom. The van der Waals surface area contributed by atoms with Gasteiger partial charge in [0.1, 0.15) is 0 Å². The van der Waals surface area contributed by atoms with E-state index in [2.05, 4.69) is 61.2 Å². The summed E-state index contributed by atoms with van der Waals surface area (Å²) < 4.78 is 0. The zero-order valence-corrected chi connectivity index (χ0v) is 11.8. The summed E-state index contributed by atoms with van der Waals surface area (Å²) in [6, 6.07) is 16.8. The van der Waals surface area contributed by atoms with Gasteiger partial charge in [-0.05, 0) is 42.7 Å². The average Bonchev–Trinajstić information content (AvgIpc) is 2.38. The standard InChI is InChI=1S/C17H22N2/c1-3-9-19(13-15-7-5-4-6-8-15)17-11-14(2)10-16(18)12-17/h4-8,10-12H,3,9,13,18H2,1-2H3. The van der Waals surface area contributed by atoms with Crippen LogP contribution in [0.15, 0.2) is 48.5 Å². The van der Waals surface area contributed by atoms with Gasteiger partial charge in [-0.25, -0.2) is 0 Å². The first-order valence-corrected chi connectivity index (χ1v) is 6.85. The van der Waals surface area contributed by atoms with Crippen LogP contribution >= 0.6 is 0 Å². The molecular formula is C17H22N2. The van der Waals surface area contributed by atoms with Crippen molar-refractivity contribution in [3.05, 3.63) is 59.7 Å². The van der Waals surface area contributed by atoms with Crippen molar-refractivity contribution >= 4 is 11.4 Å². The highest BCUT2D eigenvalue weighted by Crippen LogP contribution is 2.22. The van der Waals surface area contributed by atoms with Crippen LogP contribution in [0.5, 0.6) is 0 Å². The molecule has 0 saturated carbocycles. The quantitative estimate of drug-likeness (QED) is 0.817. The van der Waals surface area contributed by atoms with E-state index in [1.807, 2.05) is 6.07 Å². The van der Waals surface area contributed by atoms with Gasteiger partial charge in [0.25, 0.3) is 0 Å². The predicted octanol–water partition coefficient (Wildman–Crippen LogP) is 3.99. The minimum absolute atomic E-state index is 0.837. The van der Waals surface area contributed by atoms with Crippen molar-refractivity contribution in [3.63, 3.8) is 0 Å². The molecule has 0 bridgehead atoms. The van der Waals surface area contributed by atoms with Crippen LogP contribution in [0.2, 0.25) is 0 Å². The third kappa shape index (κ3) is 3.75. The fraction of sp³-hybridized carbons (Fsp3) is 0.294. The number of nitrogens with zero attached hydrogens (tertiary/aromatic N) is 1. The van der Waals surface area contributed by atoms with Crippen LogP contribution in [0, 0.1) is 6.92 Å². The van der Waals surface area contributed by atoms with Gasteiger partial charge in [-0.15, -0.1) is 0 Å². The van der Waals surface area contributed by atoms with Crippen LogP contribution in [-0.4, -0.2) is 6.54 Å². The molecule has 0 unspecified atom stereocenters. The van der Waals surface area contributed by atoms with E-state index >= 15 is 0 Å². The first kappa shape index (κ1) is 13.5. The van der Waals surface area contributed by atoms with Gasteiger partial charge in [0.2, 0.25) is 0 Å². The summed E-state index contributed by atoms with van der Waals surface area (Å²) in [5.74, 6) is 0. The zero-order valence-electron chi connectivity index (χ0n) is 11.8. The number of hydrogen-bond donors (Lipinski definition) is 1. The molecule has 19 heavy (non-hydrogen) atoms. The Morgan fingerprint density at radius 1 is 1.05 bits per heavy atom. The fourth-order valence-electron chi connectivity index (χ4n) is 2.35. The highest BCUT2D eigenvalue weighted by Gasteiger charge is 2.07. The first-order chi connectivity index (χ1) is 9.19. The maximum absolute atomic E-state index is 5.96. The average molecular weight is 254 g/mol. The van der Waals surface area contributed by atoms with E-state index in [4.69, 9.17) is 5.73 Å². The summed E-state index contributed by atoms with van der Waals surface area (Å²) in [7, 11) is 0. The molecule has 0 fully saturated rings. The molecule has 0 aliphatic rings. The van der Waals surface area contributed by atoms with Gasteiger partial charge in [0, 0.05) is 24.5 Å². The van der Waals surface area contributed by atoms with Crippen molar-refractivity contribution in [1.29, 1.82) is 0 Å². The first-order valence-electron chi connectivity index (χ1n) is 6.85. The molecular weight excluding hydrogens is 232 g/mol. The molecule has 2 aromatic carbocycles. The van der Waals surface area contributed by atoms with Crippen molar-refractivity contribution in [2.45, 2.75) is 26.8 Å². The molecule has 2 nitrogen and oxygen atoms in total. The molecule has 2 rings (SSSR count). The van der Waals surface area contributed by atoms with Crippen molar-refractivity contribution in [2.75, 3.05) is 17.2 Å². The molecule has 2 heteroatoms. The lowest BCUT2D eigenvalue weighted by Gasteiger charge is -2.25. The van der Waals surface area contributed by atoms with Crippen LogP contribution in [0.3, 0.4) is 0 Å². The molecule has 0 aromatic heterocycles. The van der Waals surface area contributed by atoms with Crippen LogP contribution in [0.25, 0.3) is 0 Å². The SMILES string of the molecule is CCCN(Cc1ccccc1)c1cc(C)cc(N)c1. The van der Waals surface area contributed by atoms with Crippen LogP contribution in [0.1, 0.15) is 24.5 Å². The van der Waals surface area contributed by atoms with Crippen LogP contribution < -0.4 is 10.6 Å². The summed E-state index contributed by atoms with van der Waals surface area (Å²) in [4.78, 5) is 2.39. The minimum atomic E-state index is 0.837. The highest BCUT2D eigenvalue weighted by atomic mass is 15.1. The molecule has 0 spiro atoms. The maximum atomic E-state index is 5.96. The molecule has 0 heterocycles. The van der Waals surface area contributed by atoms with E-state index in [0.29, 0.717) is 0 Å². The smallest absolute Gasteiger partial charge is 0.0429 e. The fourth-order valence-corrected chi connectivity index (χ4v) is 2.35. The Morgan fingerprint density at radius 2 is 1.79 bits per heavy atom. The third-order valence-electron chi connectivity index (χ3n) is 3.16. The number of nitrogens with two attached hydrogens (primary N) is 1. The van der Waals surface area contributed by atoms with E-state index in [1.54, 1.807) is 0 Å². The number of nitrogen functional groups attached to an aromatic ring is 1. The molecule has 0 atom stereocenters. The Kier molecular flexibility index (Phi) is 4.45. The van der Waals surface area contributed by atoms with E-state index < -0.39 is 0 Å². The lowest BCUT2D eigenvalue weighted by molar-refractivity contribution is 0.767. The van der Waals surface area contributed by atoms with Gasteiger partial charge in [-0.1, -0.05) is 37.3 Å². The monoisotopic (exact) mass is 254 g/mol. The van der Waals surface area contributed by atoms with E-state index in [-0.39, 0.29) is 0 Å². The zero-order chi connectivity index (χ0) is 13.7. The highest BCUT2D eigenvalue weighted by molar-refractivity contribution is 5.58. The largest absolute Gasteiger partial charge is 0.399 e. The Hall–Kier alpha value is -1.96. The van der Waals surface area contributed by atoms with E-state index in [1.165, 1.54) is 16.8 Å². The number of rotatable bonds is 5. The summed E-state index contributed by atoms with van der Waals surface area (Å²) in [6.45, 7) is 6.26. The molecule has 0 aliphatic heterocycles. The van der Waals surface area contributed by atoms with Gasteiger partial charge in [0.05, 0.1) is 0 Å². The Bertz CT molecular complexity index is 500. The summed E-state index contributed by atoms with van der Waals surface area (Å²) in [6.07, 6.45) is 1.13. The van der Waals surface area contributed by atoms with E-state index in [0.717, 1.165) is 25.2 Å². The molecule has 2 aromatic rings. The van der Waals surface area contributed by atoms with Crippen molar-refractivity contribution < 1.29 is 0 Å². The third-order valence-corrected chi connectivity index (χ3v) is 3.16. The number of aryl methyl sites for hydroxylation is 1. The minimum Gasteiger partial charge on any atom is -0.399 e. The molecule has 0 radical (unpaired) electrons. The van der Waals surface area contributed by atoms with Gasteiger partial charge in [-0.3, -0.25) is 0 Å². The van der Waals surface area contributed by atoms with Gasteiger partial charge in [0.15, 0.2) is 0 Å². The lowest BCUT2D eigenvalue weighted by atomic mass is 10.1. The number of anilines is 2. The Balaban J connectivity index is 2.24. The molecule has 0 amide bonds.